The molecule has 0 saturated carbocycles. The van der Waals surface area contributed by atoms with Crippen LogP contribution in [0.4, 0.5) is 0 Å². The molecule has 3 aromatic rings. The molecule has 26 heavy (non-hydrogen) atoms. The minimum atomic E-state index is -0.217. The second kappa shape index (κ2) is 7.79. The minimum Gasteiger partial charge on any atom is -0.497 e. The average molecular weight is 368 g/mol. The highest BCUT2D eigenvalue weighted by Crippen LogP contribution is 2.26. The van der Waals surface area contributed by atoms with Crippen LogP contribution in [0.1, 0.15) is 24.0 Å². The number of amides is 1. The molecule has 0 bridgehead atoms. The topological polar surface area (TPSA) is 29.5 Å². The molecule has 1 amide bonds. The fourth-order valence-corrected chi connectivity index (χ4v) is 3.31. The van der Waals surface area contributed by atoms with Crippen molar-refractivity contribution >= 4 is 28.3 Å². The predicted molar refractivity (Wildman–Crippen MR) is 107 cm³/mol. The summed E-state index contributed by atoms with van der Waals surface area (Å²) in [5, 5.41) is 2.88. The van der Waals surface area contributed by atoms with Crippen molar-refractivity contribution in [3.8, 4) is 5.75 Å². The highest BCUT2D eigenvalue weighted by atomic mass is 35.5. The van der Waals surface area contributed by atoms with Crippen molar-refractivity contribution in [3.05, 3.63) is 76.8 Å². The number of nitrogens with zero attached hydrogens (tertiary/aromatic N) is 1. The highest BCUT2D eigenvalue weighted by Gasteiger charge is 2.20. The van der Waals surface area contributed by atoms with Crippen LogP contribution < -0.4 is 4.74 Å². The van der Waals surface area contributed by atoms with Crippen LogP contribution in [0.5, 0.6) is 5.75 Å². The molecule has 134 valence electrons. The summed E-state index contributed by atoms with van der Waals surface area (Å²) in [5.74, 6) is 0.694. The fourth-order valence-electron chi connectivity index (χ4n) is 3.10. The van der Waals surface area contributed by atoms with E-state index in [1.54, 1.807) is 12.0 Å². The van der Waals surface area contributed by atoms with Crippen LogP contribution in [0.3, 0.4) is 0 Å². The Hall–Kier alpha value is -2.52. The van der Waals surface area contributed by atoms with E-state index in [9.17, 15) is 4.79 Å². The summed E-state index contributed by atoms with van der Waals surface area (Å²) in [6.07, 6.45) is 0. The van der Waals surface area contributed by atoms with Crippen molar-refractivity contribution in [2.75, 3.05) is 14.2 Å². The molecular weight excluding hydrogens is 346 g/mol. The zero-order valence-corrected chi connectivity index (χ0v) is 16.0. The number of halogens is 1. The zero-order valence-electron chi connectivity index (χ0n) is 15.2. The van der Waals surface area contributed by atoms with Gasteiger partial charge in [-0.2, -0.15) is 0 Å². The first-order valence-corrected chi connectivity index (χ1v) is 8.93. The van der Waals surface area contributed by atoms with Gasteiger partial charge in [0.05, 0.1) is 13.0 Å². The Morgan fingerprint density at radius 2 is 1.81 bits per heavy atom. The lowest BCUT2D eigenvalue weighted by atomic mass is 9.96. The standard InChI is InChI=1S/C22H22ClNO2/c1-15(22(25)24(2)14-16-5-4-6-20(23)11-16)17-7-8-19-13-21(26-3)10-9-18(19)12-17/h4-13,15H,14H2,1-3H3/t15-/m0/s1. The third kappa shape index (κ3) is 4.00. The molecule has 0 unspecified atom stereocenters. The first kappa shape index (κ1) is 18.3. The molecular formula is C22H22ClNO2. The van der Waals surface area contributed by atoms with E-state index in [2.05, 4.69) is 6.07 Å². The van der Waals surface area contributed by atoms with E-state index in [1.165, 1.54) is 0 Å². The van der Waals surface area contributed by atoms with Crippen LogP contribution >= 0.6 is 11.6 Å². The third-order valence-electron chi connectivity index (χ3n) is 4.63. The second-order valence-electron chi connectivity index (χ2n) is 6.52. The smallest absolute Gasteiger partial charge is 0.229 e. The van der Waals surface area contributed by atoms with Crippen LogP contribution in [0.15, 0.2) is 60.7 Å². The second-order valence-corrected chi connectivity index (χ2v) is 6.95. The normalized spacial score (nSPS) is 12.0. The number of hydrogen-bond donors (Lipinski definition) is 0. The number of benzene rings is 3. The lowest BCUT2D eigenvalue weighted by Crippen LogP contribution is -2.30. The van der Waals surface area contributed by atoms with Gasteiger partial charge in [-0.1, -0.05) is 48.0 Å². The van der Waals surface area contributed by atoms with E-state index >= 15 is 0 Å². The Labute approximate surface area is 159 Å². The van der Waals surface area contributed by atoms with Crippen molar-refractivity contribution in [1.82, 2.24) is 4.90 Å². The number of rotatable bonds is 5. The quantitative estimate of drug-likeness (QED) is 0.615. The largest absolute Gasteiger partial charge is 0.497 e. The molecule has 1 atom stereocenters. The van der Waals surface area contributed by atoms with Gasteiger partial charge in [0, 0.05) is 18.6 Å². The van der Waals surface area contributed by atoms with Gasteiger partial charge in [-0.05, 0) is 53.1 Å². The molecule has 3 aromatic carbocycles. The maximum absolute atomic E-state index is 12.8. The average Bonchev–Trinajstić information content (AvgIpc) is 2.65. The SMILES string of the molecule is COc1ccc2cc([C@H](C)C(=O)N(C)Cc3cccc(Cl)c3)ccc2c1. The predicted octanol–water partition coefficient (Wildman–Crippen LogP) is 5.26. The number of likely N-dealkylation sites (N-methyl/N-ethyl adjacent to an activating group) is 1. The van der Waals surface area contributed by atoms with Gasteiger partial charge >= 0.3 is 0 Å². The molecule has 0 fully saturated rings. The van der Waals surface area contributed by atoms with E-state index in [-0.39, 0.29) is 11.8 Å². The van der Waals surface area contributed by atoms with Crippen molar-refractivity contribution in [2.45, 2.75) is 19.4 Å². The molecule has 4 heteroatoms. The molecule has 0 N–H and O–H groups in total. The molecule has 0 heterocycles. The van der Waals surface area contributed by atoms with Crippen LogP contribution in [-0.2, 0) is 11.3 Å². The Kier molecular flexibility index (Phi) is 5.48. The van der Waals surface area contributed by atoms with E-state index in [0.29, 0.717) is 11.6 Å². The molecule has 0 aliphatic heterocycles. The van der Waals surface area contributed by atoms with Crippen molar-refractivity contribution < 1.29 is 9.53 Å². The van der Waals surface area contributed by atoms with E-state index < -0.39 is 0 Å². The summed E-state index contributed by atoms with van der Waals surface area (Å²) >= 11 is 6.03. The Balaban J connectivity index is 1.77. The molecule has 0 radical (unpaired) electrons. The van der Waals surface area contributed by atoms with Crippen LogP contribution in [0.25, 0.3) is 10.8 Å². The first-order chi connectivity index (χ1) is 12.5. The summed E-state index contributed by atoms with van der Waals surface area (Å²) < 4.78 is 5.26. The van der Waals surface area contributed by atoms with Gasteiger partial charge in [-0.25, -0.2) is 0 Å². The summed E-state index contributed by atoms with van der Waals surface area (Å²) in [6.45, 7) is 2.48. The number of ether oxygens (including phenoxy) is 1. The maximum Gasteiger partial charge on any atom is 0.229 e. The Morgan fingerprint density at radius 1 is 1.08 bits per heavy atom. The monoisotopic (exact) mass is 367 g/mol. The number of methoxy groups -OCH3 is 1. The van der Waals surface area contributed by atoms with Gasteiger partial charge in [0.15, 0.2) is 0 Å². The molecule has 0 saturated heterocycles. The summed E-state index contributed by atoms with van der Waals surface area (Å²) in [4.78, 5) is 14.6. The fraction of sp³-hybridized carbons (Fsp3) is 0.227. The van der Waals surface area contributed by atoms with Crippen molar-refractivity contribution in [1.29, 1.82) is 0 Å². The molecule has 0 aromatic heterocycles. The summed E-state index contributed by atoms with van der Waals surface area (Å²) in [7, 11) is 3.48. The Bertz CT molecular complexity index is 938. The van der Waals surface area contributed by atoms with Crippen molar-refractivity contribution in [2.24, 2.45) is 0 Å². The van der Waals surface area contributed by atoms with E-state index in [1.807, 2.05) is 68.6 Å². The van der Waals surface area contributed by atoms with E-state index in [4.69, 9.17) is 16.3 Å². The number of carbonyl (C=O) groups is 1. The van der Waals surface area contributed by atoms with E-state index in [0.717, 1.165) is 27.6 Å². The minimum absolute atomic E-state index is 0.0813. The number of fused-ring (bicyclic) bond motifs is 1. The Morgan fingerprint density at radius 3 is 2.54 bits per heavy atom. The van der Waals surface area contributed by atoms with Gasteiger partial charge in [0.1, 0.15) is 5.75 Å². The number of carbonyl (C=O) groups excluding carboxylic acids is 1. The van der Waals surface area contributed by atoms with Crippen LogP contribution in [-0.4, -0.2) is 25.0 Å². The lowest BCUT2D eigenvalue weighted by Gasteiger charge is -2.22. The third-order valence-corrected chi connectivity index (χ3v) is 4.86. The van der Waals surface area contributed by atoms with Crippen molar-refractivity contribution in [3.63, 3.8) is 0 Å². The molecule has 0 aliphatic carbocycles. The molecule has 3 rings (SSSR count). The zero-order chi connectivity index (χ0) is 18.7. The lowest BCUT2D eigenvalue weighted by molar-refractivity contribution is -0.131. The van der Waals surface area contributed by atoms with Crippen LogP contribution in [0, 0.1) is 0 Å². The van der Waals surface area contributed by atoms with Gasteiger partial charge < -0.3 is 9.64 Å². The van der Waals surface area contributed by atoms with Gasteiger partial charge in [-0.15, -0.1) is 0 Å². The van der Waals surface area contributed by atoms with Gasteiger partial charge in [0.25, 0.3) is 0 Å². The van der Waals surface area contributed by atoms with Gasteiger partial charge in [-0.3, -0.25) is 4.79 Å². The molecule has 3 nitrogen and oxygen atoms in total. The first-order valence-electron chi connectivity index (χ1n) is 8.55. The highest BCUT2D eigenvalue weighted by molar-refractivity contribution is 6.30. The molecule has 0 aliphatic rings. The molecule has 0 spiro atoms. The van der Waals surface area contributed by atoms with Crippen LogP contribution in [0.2, 0.25) is 5.02 Å². The summed E-state index contributed by atoms with van der Waals surface area (Å²) in [6, 6.07) is 19.7. The van der Waals surface area contributed by atoms with Gasteiger partial charge in [0.2, 0.25) is 5.91 Å². The number of hydrogen-bond acceptors (Lipinski definition) is 2. The summed E-state index contributed by atoms with van der Waals surface area (Å²) in [5.41, 5.74) is 2.02. The maximum atomic E-state index is 12.8.